The molecule has 3 aliphatic rings. The first kappa shape index (κ1) is 16.9. The van der Waals surface area contributed by atoms with Gasteiger partial charge in [-0.25, -0.2) is 8.42 Å². The summed E-state index contributed by atoms with van der Waals surface area (Å²) >= 11 is 0. The largest absolute Gasteiger partial charge is 0.490 e. The van der Waals surface area contributed by atoms with Gasteiger partial charge in [0.05, 0.1) is 17.6 Å². The second kappa shape index (κ2) is 6.63. The maximum Gasteiger partial charge on any atom is 0.254 e. The maximum absolute atomic E-state index is 13.0. The minimum absolute atomic E-state index is 0.0444. The van der Waals surface area contributed by atoms with Crippen molar-refractivity contribution in [2.24, 2.45) is 0 Å². The maximum atomic E-state index is 13.0. The number of rotatable bonds is 5. The van der Waals surface area contributed by atoms with Crippen LogP contribution in [-0.4, -0.2) is 48.9 Å². The molecule has 1 amide bonds. The van der Waals surface area contributed by atoms with Gasteiger partial charge in [-0.3, -0.25) is 4.79 Å². The summed E-state index contributed by atoms with van der Waals surface area (Å²) in [7, 11) is -3.00. The molecule has 1 aliphatic heterocycles. The molecule has 1 aromatic rings. The molecule has 2 aliphatic carbocycles. The van der Waals surface area contributed by atoms with E-state index >= 15 is 0 Å². The molecule has 0 N–H and O–H groups in total. The Morgan fingerprint density at radius 2 is 1.64 bits per heavy atom. The van der Waals surface area contributed by atoms with Gasteiger partial charge in [0, 0.05) is 17.6 Å². The molecule has 1 saturated heterocycles. The Balaban J connectivity index is 1.46. The fourth-order valence-electron chi connectivity index (χ4n) is 4.00. The second-order valence-corrected chi connectivity index (χ2v) is 9.78. The molecular formula is C19H25NO4S. The molecule has 0 spiro atoms. The van der Waals surface area contributed by atoms with E-state index in [0.29, 0.717) is 18.1 Å². The van der Waals surface area contributed by atoms with Crippen molar-refractivity contribution < 1.29 is 17.9 Å². The Bertz CT molecular complexity index is 733. The molecule has 0 radical (unpaired) electrons. The van der Waals surface area contributed by atoms with E-state index in [1.54, 1.807) is 0 Å². The number of ether oxygens (including phenoxy) is 1. The number of hydrogen-bond acceptors (Lipinski definition) is 4. The predicted octanol–water partition coefficient (Wildman–Crippen LogP) is 2.80. The third-order valence-corrected chi connectivity index (χ3v) is 7.23. The van der Waals surface area contributed by atoms with Gasteiger partial charge in [-0.2, -0.15) is 0 Å². The van der Waals surface area contributed by atoms with Crippen molar-refractivity contribution >= 4 is 15.7 Å². The Labute approximate surface area is 149 Å². The van der Waals surface area contributed by atoms with Crippen LogP contribution in [0.5, 0.6) is 5.75 Å². The minimum atomic E-state index is -3.00. The molecule has 1 unspecified atom stereocenters. The van der Waals surface area contributed by atoms with E-state index in [1.807, 2.05) is 29.2 Å². The first-order valence-electron chi connectivity index (χ1n) is 9.32. The Morgan fingerprint density at radius 3 is 2.20 bits per heavy atom. The van der Waals surface area contributed by atoms with Crippen LogP contribution in [0, 0.1) is 0 Å². The van der Waals surface area contributed by atoms with E-state index in [2.05, 4.69) is 0 Å². The number of nitrogens with zero attached hydrogens (tertiary/aromatic N) is 1. The number of carbonyl (C=O) groups excluding carboxylic acids is 1. The number of benzene rings is 1. The van der Waals surface area contributed by atoms with Crippen molar-refractivity contribution in [3.63, 3.8) is 0 Å². The molecule has 0 bridgehead atoms. The smallest absolute Gasteiger partial charge is 0.254 e. The van der Waals surface area contributed by atoms with Crippen molar-refractivity contribution in [1.29, 1.82) is 0 Å². The zero-order chi connectivity index (χ0) is 17.4. The third-order valence-electron chi connectivity index (χ3n) is 5.48. The molecule has 5 nitrogen and oxygen atoms in total. The summed E-state index contributed by atoms with van der Waals surface area (Å²) in [4.78, 5) is 14.8. The highest BCUT2D eigenvalue weighted by Crippen LogP contribution is 2.34. The monoisotopic (exact) mass is 363 g/mol. The van der Waals surface area contributed by atoms with Crippen LogP contribution in [0.2, 0.25) is 0 Å². The molecule has 25 heavy (non-hydrogen) atoms. The topological polar surface area (TPSA) is 63.7 Å². The number of amides is 1. The van der Waals surface area contributed by atoms with Gasteiger partial charge in [0.15, 0.2) is 9.84 Å². The number of hydrogen-bond donors (Lipinski definition) is 0. The van der Waals surface area contributed by atoms with Crippen LogP contribution < -0.4 is 4.74 Å². The fourth-order valence-corrected chi connectivity index (χ4v) is 5.71. The highest BCUT2D eigenvalue weighted by Gasteiger charge is 2.42. The van der Waals surface area contributed by atoms with Crippen molar-refractivity contribution in [1.82, 2.24) is 4.90 Å². The Hall–Kier alpha value is -1.56. The summed E-state index contributed by atoms with van der Waals surface area (Å²) in [5, 5.41) is 0. The molecule has 4 rings (SSSR count). The predicted molar refractivity (Wildman–Crippen MR) is 95.6 cm³/mol. The van der Waals surface area contributed by atoms with Gasteiger partial charge in [0.2, 0.25) is 0 Å². The molecule has 2 saturated carbocycles. The van der Waals surface area contributed by atoms with Gasteiger partial charge in [-0.05, 0) is 69.2 Å². The average Bonchev–Trinajstić information content (AvgIpc) is 3.16. The zero-order valence-electron chi connectivity index (χ0n) is 14.4. The summed E-state index contributed by atoms with van der Waals surface area (Å²) < 4.78 is 29.6. The highest BCUT2D eigenvalue weighted by atomic mass is 32.2. The third kappa shape index (κ3) is 3.84. The normalized spacial score (nSPS) is 25.8. The quantitative estimate of drug-likeness (QED) is 0.807. The summed E-state index contributed by atoms with van der Waals surface area (Å²) in [6, 6.07) is 7.39. The van der Waals surface area contributed by atoms with E-state index < -0.39 is 9.84 Å². The highest BCUT2D eigenvalue weighted by molar-refractivity contribution is 7.91. The molecule has 1 aromatic carbocycles. The summed E-state index contributed by atoms with van der Waals surface area (Å²) in [6.45, 7) is 0. The lowest BCUT2D eigenvalue weighted by molar-refractivity contribution is 0.0680. The number of carbonyl (C=O) groups is 1. The first-order valence-corrected chi connectivity index (χ1v) is 11.1. The van der Waals surface area contributed by atoms with Crippen LogP contribution in [0.15, 0.2) is 24.3 Å². The van der Waals surface area contributed by atoms with Gasteiger partial charge < -0.3 is 9.64 Å². The lowest BCUT2D eigenvalue weighted by Crippen LogP contribution is -2.42. The van der Waals surface area contributed by atoms with Crippen LogP contribution in [0.4, 0.5) is 0 Å². The van der Waals surface area contributed by atoms with E-state index in [0.717, 1.165) is 31.4 Å². The Morgan fingerprint density at radius 1 is 0.960 bits per heavy atom. The summed E-state index contributed by atoms with van der Waals surface area (Å²) in [5.41, 5.74) is 0.620. The Kier molecular flexibility index (Phi) is 4.48. The van der Waals surface area contributed by atoms with Gasteiger partial charge in [0.25, 0.3) is 5.91 Å². The molecule has 136 valence electrons. The van der Waals surface area contributed by atoms with E-state index in [9.17, 15) is 13.2 Å². The molecule has 1 heterocycles. The van der Waals surface area contributed by atoms with E-state index in [1.165, 1.54) is 12.8 Å². The van der Waals surface area contributed by atoms with Crippen molar-refractivity contribution in [3.8, 4) is 5.75 Å². The van der Waals surface area contributed by atoms with Gasteiger partial charge in [-0.15, -0.1) is 0 Å². The van der Waals surface area contributed by atoms with E-state index in [4.69, 9.17) is 4.74 Å². The van der Waals surface area contributed by atoms with Crippen LogP contribution in [-0.2, 0) is 9.84 Å². The molecule has 6 heteroatoms. The molecule has 0 aromatic heterocycles. The fraction of sp³-hybridized carbons (Fsp3) is 0.632. The lowest BCUT2D eigenvalue weighted by Gasteiger charge is -2.28. The SMILES string of the molecule is O=C(c1ccc(OC2CCCC2)cc1)N(C1CC1)C1CCS(=O)(=O)C1. The van der Waals surface area contributed by atoms with Crippen molar-refractivity contribution in [2.45, 2.75) is 63.1 Å². The van der Waals surface area contributed by atoms with Crippen molar-refractivity contribution in [3.05, 3.63) is 29.8 Å². The van der Waals surface area contributed by atoms with Crippen LogP contribution >= 0.6 is 0 Å². The first-order chi connectivity index (χ1) is 12.0. The van der Waals surface area contributed by atoms with Crippen molar-refractivity contribution in [2.75, 3.05) is 11.5 Å². The van der Waals surface area contributed by atoms with Gasteiger partial charge in [-0.1, -0.05) is 0 Å². The number of sulfone groups is 1. The zero-order valence-corrected chi connectivity index (χ0v) is 15.2. The van der Waals surface area contributed by atoms with Crippen LogP contribution in [0.3, 0.4) is 0 Å². The standard InChI is InChI=1S/C19H25NO4S/c21-19(20(15-7-8-15)16-11-12-25(22,23)13-16)14-5-9-18(10-6-14)24-17-3-1-2-4-17/h5-6,9-10,15-17H,1-4,7-8,11-13H2. The summed E-state index contributed by atoms with van der Waals surface area (Å²) in [5.74, 6) is 1.07. The minimum Gasteiger partial charge on any atom is -0.490 e. The molecule has 1 atom stereocenters. The summed E-state index contributed by atoms with van der Waals surface area (Å²) in [6.07, 6.45) is 7.47. The lowest BCUT2D eigenvalue weighted by atomic mass is 10.1. The van der Waals surface area contributed by atoms with E-state index in [-0.39, 0.29) is 29.5 Å². The average molecular weight is 363 g/mol. The molecule has 3 fully saturated rings. The van der Waals surface area contributed by atoms with Crippen LogP contribution in [0.1, 0.15) is 55.3 Å². The van der Waals surface area contributed by atoms with Gasteiger partial charge in [0.1, 0.15) is 5.75 Å². The van der Waals surface area contributed by atoms with Crippen LogP contribution in [0.25, 0.3) is 0 Å². The van der Waals surface area contributed by atoms with Gasteiger partial charge >= 0.3 is 0 Å². The molecular weight excluding hydrogens is 338 g/mol. The second-order valence-electron chi connectivity index (χ2n) is 7.55.